The van der Waals surface area contributed by atoms with E-state index in [0.717, 1.165) is 34.3 Å². The number of carbonyl (C=O) groups is 1. The molecule has 6 rings (SSSR count). The molecule has 0 aliphatic carbocycles. The molecule has 0 saturated carbocycles. The maximum Gasteiger partial charge on any atom is 0.253 e. The lowest BCUT2D eigenvalue weighted by atomic mass is 10.0. The van der Waals surface area contributed by atoms with Crippen molar-refractivity contribution in [2.45, 2.75) is 13.1 Å². The summed E-state index contributed by atoms with van der Waals surface area (Å²) in [5.41, 5.74) is 13.2. The number of nitrogens with one attached hydrogen (secondary N) is 1. The van der Waals surface area contributed by atoms with Crippen LogP contribution < -0.4 is 11.1 Å². The first-order valence-corrected chi connectivity index (χ1v) is 12.7. The average Bonchev–Trinajstić information content (AvgIpc) is 3.40. The van der Waals surface area contributed by atoms with Gasteiger partial charge in [-0.2, -0.15) is 0 Å². The van der Waals surface area contributed by atoms with E-state index in [0.29, 0.717) is 29.2 Å². The zero-order chi connectivity index (χ0) is 26.6. The summed E-state index contributed by atoms with van der Waals surface area (Å²) in [6, 6.07) is 29.7. The topological polar surface area (TPSA) is 98.7 Å². The number of benzene rings is 2. The molecule has 0 bridgehead atoms. The van der Waals surface area contributed by atoms with E-state index in [4.69, 9.17) is 5.73 Å². The van der Waals surface area contributed by atoms with Crippen molar-refractivity contribution in [2.75, 3.05) is 5.73 Å². The Morgan fingerprint density at radius 3 is 2.31 bits per heavy atom. The summed E-state index contributed by atoms with van der Waals surface area (Å²) in [7, 11) is 0. The summed E-state index contributed by atoms with van der Waals surface area (Å²) in [5.74, 6) is 0.191. The summed E-state index contributed by atoms with van der Waals surface area (Å²) in [5, 5.41) is 3.96. The van der Waals surface area contributed by atoms with Crippen LogP contribution in [0.3, 0.4) is 0 Å². The minimum absolute atomic E-state index is 0.183. The number of rotatable bonds is 7. The van der Waals surface area contributed by atoms with Crippen LogP contribution in [0.15, 0.2) is 116 Å². The molecule has 1 amide bonds. The fourth-order valence-electron chi connectivity index (χ4n) is 4.65. The van der Waals surface area contributed by atoms with Crippen molar-refractivity contribution >= 4 is 22.8 Å². The number of aromatic nitrogens is 4. The standard InChI is InChI=1S/C32H26N6O/c33-30-28(29-12-11-24(19-35-29)32(39)37-18-22-7-3-1-4-8-22)17-25(20-36-30)26-13-15-34-31-27(26)14-16-38(31)21-23-9-5-2-6-10-23/h1-17,19-20H,18,21H2,(H2,33,36)(H,37,39). The Morgan fingerprint density at radius 1 is 0.795 bits per heavy atom. The second-order valence-corrected chi connectivity index (χ2v) is 9.28. The van der Waals surface area contributed by atoms with Gasteiger partial charge in [0, 0.05) is 54.4 Å². The highest BCUT2D eigenvalue weighted by atomic mass is 16.1. The lowest BCUT2D eigenvalue weighted by Crippen LogP contribution is -2.22. The maximum absolute atomic E-state index is 12.6. The van der Waals surface area contributed by atoms with Gasteiger partial charge in [-0.15, -0.1) is 0 Å². The molecule has 4 aromatic heterocycles. The van der Waals surface area contributed by atoms with Gasteiger partial charge in [0.15, 0.2) is 0 Å². The smallest absolute Gasteiger partial charge is 0.253 e. The van der Waals surface area contributed by atoms with E-state index in [1.54, 1.807) is 24.5 Å². The number of pyridine rings is 3. The van der Waals surface area contributed by atoms with Crippen LogP contribution in [-0.2, 0) is 13.1 Å². The Bertz CT molecular complexity index is 1750. The van der Waals surface area contributed by atoms with Gasteiger partial charge in [0.25, 0.3) is 5.91 Å². The summed E-state index contributed by atoms with van der Waals surface area (Å²) in [6.07, 6.45) is 7.21. The van der Waals surface area contributed by atoms with E-state index in [-0.39, 0.29) is 5.91 Å². The Morgan fingerprint density at radius 2 is 1.56 bits per heavy atom. The predicted molar refractivity (Wildman–Crippen MR) is 154 cm³/mol. The highest BCUT2D eigenvalue weighted by Crippen LogP contribution is 2.32. The number of nitrogen functional groups attached to an aromatic ring is 1. The van der Waals surface area contributed by atoms with E-state index < -0.39 is 0 Å². The van der Waals surface area contributed by atoms with Crippen LogP contribution >= 0.6 is 0 Å². The molecule has 7 nitrogen and oxygen atoms in total. The summed E-state index contributed by atoms with van der Waals surface area (Å²) >= 11 is 0. The molecule has 0 saturated heterocycles. The van der Waals surface area contributed by atoms with Crippen molar-refractivity contribution in [3.05, 3.63) is 132 Å². The minimum atomic E-state index is -0.183. The van der Waals surface area contributed by atoms with E-state index in [1.165, 1.54) is 5.56 Å². The molecular weight excluding hydrogens is 484 g/mol. The van der Waals surface area contributed by atoms with Gasteiger partial charge in [0.2, 0.25) is 0 Å². The lowest BCUT2D eigenvalue weighted by Gasteiger charge is -2.10. The van der Waals surface area contributed by atoms with Crippen LogP contribution in [0.5, 0.6) is 0 Å². The van der Waals surface area contributed by atoms with Gasteiger partial charge >= 0.3 is 0 Å². The molecule has 190 valence electrons. The second-order valence-electron chi connectivity index (χ2n) is 9.28. The molecule has 4 heterocycles. The number of hydrogen-bond acceptors (Lipinski definition) is 5. The quantitative estimate of drug-likeness (QED) is 0.286. The molecule has 0 aliphatic rings. The third-order valence-electron chi connectivity index (χ3n) is 6.69. The maximum atomic E-state index is 12.6. The molecule has 39 heavy (non-hydrogen) atoms. The van der Waals surface area contributed by atoms with Crippen LogP contribution in [0, 0.1) is 0 Å². The molecule has 0 fully saturated rings. The number of carbonyl (C=O) groups excluding carboxylic acids is 1. The zero-order valence-electron chi connectivity index (χ0n) is 21.2. The first-order valence-electron chi connectivity index (χ1n) is 12.7. The molecule has 0 atom stereocenters. The molecule has 2 aromatic carbocycles. The van der Waals surface area contributed by atoms with Crippen LogP contribution in [0.1, 0.15) is 21.5 Å². The third kappa shape index (κ3) is 5.10. The Balaban J connectivity index is 1.26. The van der Waals surface area contributed by atoms with Crippen molar-refractivity contribution < 1.29 is 4.79 Å². The van der Waals surface area contributed by atoms with Crippen LogP contribution in [0.4, 0.5) is 5.82 Å². The number of anilines is 1. The molecule has 0 radical (unpaired) electrons. The molecular formula is C32H26N6O. The van der Waals surface area contributed by atoms with Crippen LogP contribution in [-0.4, -0.2) is 25.4 Å². The van der Waals surface area contributed by atoms with E-state index in [9.17, 15) is 4.79 Å². The summed E-state index contributed by atoms with van der Waals surface area (Å²) in [4.78, 5) is 26.3. The Hall–Kier alpha value is -5.30. The highest BCUT2D eigenvalue weighted by Gasteiger charge is 2.14. The molecule has 0 aliphatic heterocycles. The highest BCUT2D eigenvalue weighted by molar-refractivity contribution is 5.95. The largest absolute Gasteiger partial charge is 0.383 e. The molecule has 0 unspecified atom stereocenters. The van der Waals surface area contributed by atoms with Gasteiger partial charge in [-0.3, -0.25) is 9.78 Å². The van der Waals surface area contributed by atoms with Crippen molar-refractivity contribution in [2.24, 2.45) is 0 Å². The number of hydrogen-bond donors (Lipinski definition) is 2. The normalized spacial score (nSPS) is 11.0. The van der Waals surface area contributed by atoms with Crippen molar-refractivity contribution in [3.8, 4) is 22.4 Å². The third-order valence-corrected chi connectivity index (χ3v) is 6.69. The van der Waals surface area contributed by atoms with Crippen LogP contribution in [0.2, 0.25) is 0 Å². The second kappa shape index (κ2) is 10.6. The molecule has 7 heteroatoms. The average molecular weight is 511 g/mol. The number of fused-ring (bicyclic) bond motifs is 1. The van der Waals surface area contributed by atoms with Gasteiger partial charge in [-0.25, -0.2) is 9.97 Å². The van der Waals surface area contributed by atoms with Gasteiger partial charge in [-0.05, 0) is 47.0 Å². The molecule has 6 aromatic rings. The zero-order valence-corrected chi connectivity index (χ0v) is 21.2. The first-order chi connectivity index (χ1) is 19.2. The van der Waals surface area contributed by atoms with Gasteiger partial charge in [0.05, 0.1) is 11.3 Å². The molecule has 0 spiro atoms. The number of nitrogens with zero attached hydrogens (tertiary/aromatic N) is 4. The fourth-order valence-corrected chi connectivity index (χ4v) is 4.65. The van der Waals surface area contributed by atoms with Gasteiger partial charge in [0.1, 0.15) is 11.5 Å². The van der Waals surface area contributed by atoms with Gasteiger partial charge in [-0.1, -0.05) is 60.7 Å². The predicted octanol–water partition coefficient (Wildman–Crippen LogP) is 5.72. The Kier molecular flexibility index (Phi) is 6.53. The molecule has 3 N–H and O–H groups in total. The number of amides is 1. The van der Waals surface area contributed by atoms with Crippen LogP contribution in [0.25, 0.3) is 33.4 Å². The van der Waals surface area contributed by atoms with Crippen molar-refractivity contribution in [3.63, 3.8) is 0 Å². The van der Waals surface area contributed by atoms with E-state index >= 15 is 0 Å². The van der Waals surface area contributed by atoms with Crippen molar-refractivity contribution in [1.29, 1.82) is 0 Å². The fraction of sp³-hybridized carbons (Fsp3) is 0.0625. The monoisotopic (exact) mass is 510 g/mol. The number of nitrogens with two attached hydrogens (primary N) is 1. The summed E-state index contributed by atoms with van der Waals surface area (Å²) in [6.45, 7) is 1.19. The first kappa shape index (κ1) is 24.1. The summed E-state index contributed by atoms with van der Waals surface area (Å²) < 4.78 is 2.14. The van der Waals surface area contributed by atoms with Gasteiger partial charge < -0.3 is 15.6 Å². The minimum Gasteiger partial charge on any atom is -0.383 e. The van der Waals surface area contributed by atoms with Crippen molar-refractivity contribution in [1.82, 2.24) is 24.8 Å². The lowest BCUT2D eigenvalue weighted by molar-refractivity contribution is 0.0950. The van der Waals surface area contributed by atoms with E-state index in [1.807, 2.05) is 66.9 Å². The van der Waals surface area contributed by atoms with E-state index in [2.05, 4.69) is 49.2 Å². The Labute approximate surface area is 226 Å². The SMILES string of the molecule is Nc1ncc(-c2ccnc3c2ccn3Cc2ccccc2)cc1-c1ccc(C(=O)NCc2ccccc2)cn1.